The van der Waals surface area contributed by atoms with Gasteiger partial charge in [-0.25, -0.2) is 0 Å². The molecule has 282 valence electrons. The van der Waals surface area contributed by atoms with Crippen LogP contribution in [0.4, 0.5) is 0 Å². The number of carbonyl (C=O) groups excluding carboxylic acids is 1. The van der Waals surface area contributed by atoms with Crippen LogP contribution in [0.3, 0.4) is 0 Å². The molecule has 0 radical (unpaired) electrons. The number of ether oxygens (including phenoxy) is 7. The molecule has 1 aromatic carbocycles. The van der Waals surface area contributed by atoms with Crippen LogP contribution >= 0.6 is 0 Å². The molecule has 53 heavy (non-hydrogen) atoms. The lowest BCUT2D eigenvalue weighted by atomic mass is 9.96. The van der Waals surface area contributed by atoms with Crippen LogP contribution in [0.5, 0.6) is 11.5 Å². The van der Waals surface area contributed by atoms with Gasteiger partial charge in [-0.1, -0.05) is 23.3 Å². The molecule has 2 fully saturated rings. The number of allylic oxidation sites excluding steroid dienone is 2. The van der Waals surface area contributed by atoms with Crippen LogP contribution in [0, 0.1) is 0 Å². The summed E-state index contributed by atoms with van der Waals surface area (Å²) < 4.78 is 54.6. The van der Waals surface area contributed by atoms with Crippen molar-refractivity contribution < 1.29 is 46.8 Å². The van der Waals surface area contributed by atoms with Crippen molar-refractivity contribution in [2.24, 2.45) is 0 Å². The van der Waals surface area contributed by atoms with E-state index in [0.717, 1.165) is 53.2 Å². The second kappa shape index (κ2) is 15.1. The van der Waals surface area contributed by atoms with E-state index >= 15 is 0 Å². The molecule has 0 saturated carbocycles. The second-order valence-corrected chi connectivity index (χ2v) is 15.2. The number of furan rings is 2. The molecule has 10 heteroatoms. The minimum atomic E-state index is -1.37. The molecule has 0 N–H and O–H groups in total. The summed E-state index contributed by atoms with van der Waals surface area (Å²) in [6, 6.07) is 5.66. The van der Waals surface area contributed by atoms with Crippen LogP contribution < -0.4 is 20.1 Å². The smallest absolute Gasteiger partial charge is 0.350 e. The number of rotatable bonds is 12. The van der Waals surface area contributed by atoms with E-state index in [2.05, 4.69) is 39.8 Å². The van der Waals surface area contributed by atoms with Gasteiger partial charge in [0.2, 0.25) is 0 Å². The molecule has 2 aromatic heterocycles. The van der Waals surface area contributed by atoms with Gasteiger partial charge in [0.05, 0.1) is 58.5 Å². The van der Waals surface area contributed by atoms with Crippen LogP contribution in [0.1, 0.15) is 85.6 Å². The van der Waals surface area contributed by atoms with Gasteiger partial charge in [-0.2, -0.15) is 0 Å². The number of cyclic esters (lactones) is 1. The van der Waals surface area contributed by atoms with E-state index in [1.54, 1.807) is 24.7 Å². The van der Waals surface area contributed by atoms with Crippen LogP contribution in [0.2, 0.25) is 0 Å². The lowest BCUT2D eigenvalue weighted by molar-refractivity contribution is -0.270. The summed E-state index contributed by atoms with van der Waals surface area (Å²) in [5.41, 5.74) is 3.92. The monoisotopic (exact) mass is 726 g/mol. The highest BCUT2D eigenvalue weighted by Gasteiger charge is 2.54. The highest BCUT2D eigenvalue weighted by Crippen LogP contribution is 2.48. The fourth-order valence-corrected chi connectivity index (χ4v) is 6.97. The first-order chi connectivity index (χ1) is 25.4. The summed E-state index contributed by atoms with van der Waals surface area (Å²) in [6.45, 7) is 13.5. The van der Waals surface area contributed by atoms with Crippen LogP contribution in [-0.2, 0) is 28.5 Å². The minimum absolute atomic E-state index is 0.00346. The summed E-state index contributed by atoms with van der Waals surface area (Å²) in [6.07, 6.45) is 21.1. The van der Waals surface area contributed by atoms with E-state index < -0.39 is 11.6 Å². The summed E-state index contributed by atoms with van der Waals surface area (Å²) >= 11 is 0. The standard InChI is InChI=1S/C43H50O10/c1-28(16-22-45-33-9-7-8-10-39(44)48-26-20-34-30(33)18-24-46-34)12-14-38-42(5,6)53-43(52-38)21-15-31-36(50-43)27-35-32(19-25-47-35)40(31)49-23-17-29(2)11-13-37-41(3,4)51-37/h7-8,15-21,24-25,27,37-38H,9-14,22-23,26H2,1-6H3/b8-7-,28-16+,29-17+,33-30+,34-20+. The van der Waals surface area contributed by atoms with Gasteiger partial charge in [0.15, 0.2) is 0 Å². The van der Waals surface area contributed by atoms with Gasteiger partial charge in [-0.3, -0.25) is 4.79 Å². The predicted molar refractivity (Wildman–Crippen MR) is 200 cm³/mol. The van der Waals surface area contributed by atoms with E-state index in [1.807, 2.05) is 50.3 Å². The number of carbonyl (C=O) groups is 1. The van der Waals surface area contributed by atoms with Crippen molar-refractivity contribution in [2.75, 3.05) is 19.8 Å². The molecule has 0 aliphatic carbocycles. The van der Waals surface area contributed by atoms with E-state index in [9.17, 15) is 4.79 Å². The maximum atomic E-state index is 11.9. The van der Waals surface area contributed by atoms with Gasteiger partial charge in [-0.05, 0) is 104 Å². The fourth-order valence-electron chi connectivity index (χ4n) is 6.97. The van der Waals surface area contributed by atoms with E-state index in [-0.39, 0.29) is 30.7 Å². The highest BCUT2D eigenvalue weighted by molar-refractivity contribution is 5.91. The lowest BCUT2D eigenvalue weighted by Crippen LogP contribution is -2.38. The Kier molecular flexibility index (Phi) is 10.5. The number of hydrogen-bond donors (Lipinski definition) is 0. The number of benzene rings is 1. The first kappa shape index (κ1) is 36.8. The quantitative estimate of drug-likeness (QED) is 0.104. The van der Waals surface area contributed by atoms with Gasteiger partial charge >= 0.3 is 11.9 Å². The Morgan fingerprint density at radius 2 is 1.58 bits per heavy atom. The first-order valence-electron chi connectivity index (χ1n) is 18.5. The molecule has 3 aromatic rings. The van der Waals surface area contributed by atoms with Crippen LogP contribution in [0.15, 0.2) is 81.1 Å². The molecule has 2 saturated heterocycles. The number of epoxide rings is 1. The van der Waals surface area contributed by atoms with E-state index in [4.69, 9.17) is 42.0 Å². The molecule has 3 unspecified atom stereocenters. The fraction of sp³-hybridized carbons (Fsp3) is 0.465. The van der Waals surface area contributed by atoms with Crippen LogP contribution in [0.25, 0.3) is 28.9 Å². The number of hydrogen-bond acceptors (Lipinski definition) is 10. The lowest BCUT2D eigenvalue weighted by Gasteiger charge is -2.30. The van der Waals surface area contributed by atoms with Gasteiger partial charge in [0.25, 0.3) is 0 Å². The van der Waals surface area contributed by atoms with Crippen molar-refractivity contribution in [3.63, 3.8) is 0 Å². The summed E-state index contributed by atoms with van der Waals surface area (Å²) in [5.74, 6) is 0.393. The topological polar surface area (TPSA) is 111 Å². The Morgan fingerprint density at radius 3 is 2.34 bits per heavy atom. The molecule has 0 amide bonds. The molecule has 1 spiro atoms. The zero-order valence-electron chi connectivity index (χ0n) is 31.5. The molecular weight excluding hydrogens is 676 g/mol. The third kappa shape index (κ3) is 8.51. The Hall–Kier alpha value is -4.51. The zero-order valence-corrected chi connectivity index (χ0v) is 31.5. The normalized spacial score (nSPS) is 27.2. The molecule has 4 aliphatic rings. The number of fused-ring (bicyclic) bond motifs is 3. The van der Waals surface area contributed by atoms with Crippen molar-refractivity contribution in [2.45, 2.75) is 109 Å². The average Bonchev–Trinajstić information content (AvgIpc) is 3.49. The summed E-state index contributed by atoms with van der Waals surface area (Å²) in [7, 11) is 0. The average molecular weight is 727 g/mol. The van der Waals surface area contributed by atoms with E-state index in [0.29, 0.717) is 48.2 Å². The molecule has 10 nitrogen and oxygen atoms in total. The molecule has 0 bridgehead atoms. The Bertz CT molecular complexity index is 2070. The third-order valence-corrected chi connectivity index (χ3v) is 10.3. The maximum Gasteiger partial charge on any atom is 0.350 e. The van der Waals surface area contributed by atoms with Gasteiger partial charge in [0.1, 0.15) is 48.1 Å². The van der Waals surface area contributed by atoms with Crippen molar-refractivity contribution in [1.29, 1.82) is 0 Å². The molecule has 3 atom stereocenters. The molecular formula is C43H50O10. The predicted octanol–water partition coefficient (Wildman–Crippen LogP) is 7.79. The van der Waals surface area contributed by atoms with E-state index in [1.165, 1.54) is 5.57 Å². The zero-order chi connectivity index (χ0) is 37.2. The van der Waals surface area contributed by atoms with Crippen molar-refractivity contribution in [1.82, 2.24) is 0 Å². The highest BCUT2D eigenvalue weighted by atomic mass is 16.9. The first-order valence-corrected chi connectivity index (χ1v) is 18.5. The molecule has 6 heterocycles. The summed E-state index contributed by atoms with van der Waals surface area (Å²) in [5, 5.41) is 1.73. The SMILES string of the molecule is C/C(=C\COc1c2c(cc3occc13)OC1(C=C2)OC(CC/C(C)=C/CO/C2=c3\cco\c3=C\COC(=O)C/C=C\C2)C(C)(C)O1)CCC1OC1(C)C. The molecule has 4 aliphatic heterocycles. The second-order valence-electron chi connectivity index (χ2n) is 15.2. The minimum Gasteiger partial charge on any atom is -0.493 e. The van der Waals surface area contributed by atoms with Crippen molar-refractivity contribution in [3.8, 4) is 11.5 Å². The van der Waals surface area contributed by atoms with Gasteiger partial charge < -0.3 is 42.0 Å². The van der Waals surface area contributed by atoms with Crippen molar-refractivity contribution in [3.05, 3.63) is 88.4 Å². The number of esters is 1. The maximum absolute atomic E-state index is 11.9. The Balaban J connectivity index is 0.979. The Morgan fingerprint density at radius 1 is 0.887 bits per heavy atom. The van der Waals surface area contributed by atoms with Gasteiger partial charge in [0, 0.05) is 18.6 Å². The largest absolute Gasteiger partial charge is 0.493 e. The van der Waals surface area contributed by atoms with Gasteiger partial charge in [-0.15, -0.1) is 0 Å². The molecule has 7 rings (SSSR count). The van der Waals surface area contributed by atoms with Crippen molar-refractivity contribution >= 4 is 34.8 Å². The summed E-state index contributed by atoms with van der Waals surface area (Å²) in [4.78, 5) is 11.9. The van der Waals surface area contributed by atoms with Crippen LogP contribution in [-0.4, -0.2) is 55.2 Å². The third-order valence-electron chi connectivity index (χ3n) is 10.3. The Labute approximate surface area is 310 Å².